The summed E-state index contributed by atoms with van der Waals surface area (Å²) in [7, 11) is 0. The molecule has 2 amide bonds. The molecule has 2 saturated heterocycles. The molecule has 3 heterocycles. The first-order chi connectivity index (χ1) is 14.6. The number of benzene rings is 1. The maximum Gasteiger partial charge on any atom is 0.416 e. The molecule has 3 N–H and O–H groups in total. The van der Waals surface area contributed by atoms with Crippen molar-refractivity contribution in [2.45, 2.75) is 30.6 Å². The summed E-state index contributed by atoms with van der Waals surface area (Å²) in [5.74, 6) is -1.73. The molecule has 7 nitrogen and oxygen atoms in total. The van der Waals surface area contributed by atoms with E-state index in [-0.39, 0.29) is 18.1 Å². The lowest BCUT2D eigenvalue weighted by atomic mass is 10.0. The van der Waals surface area contributed by atoms with E-state index in [4.69, 9.17) is 5.73 Å². The second-order valence-corrected chi connectivity index (χ2v) is 8.56. The highest BCUT2D eigenvalue weighted by Gasteiger charge is 2.51. The Kier molecular flexibility index (Phi) is 5.34. The van der Waals surface area contributed by atoms with Gasteiger partial charge in [-0.2, -0.15) is 13.2 Å². The second-order valence-electron chi connectivity index (χ2n) is 7.46. The molecule has 0 unspecified atom stereocenters. The van der Waals surface area contributed by atoms with Crippen LogP contribution in [0.15, 0.2) is 47.2 Å². The van der Waals surface area contributed by atoms with E-state index < -0.39 is 35.0 Å². The third-order valence-corrected chi connectivity index (χ3v) is 6.78. The fourth-order valence-corrected chi connectivity index (χ4v) is 5.08. The van der Waals surface area contributed by atoms with Gasteiger partial charge in [0.15, 0.2) is 0 Å². The van der Waals surface area contributed by atoms with Gasteiger partial charge in [-0.25, -0.2) is 4.79 Å². The molecule has 0 bridgehead atoms. The number of halogens is 3. The van der Waals surface area contributed by atoms with Crippen molar-refractivity contribution >= 4 is 29.5 Å². The molecule has 2 atom stereocenters. The Labute approximate surface area is 179 Å². The first-order valence-corrected chi connectivity index (χ1v) is 10.5. The van der Waals surface area contributed by atoms with Crippen LogP contribution in [0, 0.1) is 0 Å². The third kappa shape index (κ3) is 3.83. The van der Waals surface area contributed by atoms with Crippen LogP contribution in [0.4, 0.5) is 13.2 Å². The lowest BCUT2D eigenvalue weighted by Crippen LogP contribution is -2.68. The van der Waals surface area contributed by atoms with Gasteiger partial charge in [0.2, 0.25) is 11.8 Å². The van der Waals surface area contributed by atoms with Gasteiger partial charge in [0.05, 0.1) is 5.56 Å². The number of carbonyl (C=O) groups excluding carboxylic acids is 2. The normalized spacial score (nSPS) is 25.2. The van der Waals surface area contributed by atoms with Gasteiger partial charge in [0.25, 0.3) is 0 Å². The molecule has 1 aromatic carbocycles. The smallest absolute Gasteiger partial charge is 0.416 e. The zero-order valence-electron chi connectivity index (χ0n) is 16.1. The summed E-state index contributed by atoms with van der Waals surface area (Å²) in [4.78, 5) is 39.2. The Morgan fingerprint density at radius 2 is 1.94 bits per heavy atom. The number of rotatable bonds is 4. The fraction of sp³-hybridized carbons (Fsp3) is 0.350. The lowest BCUT2D eigenvalue weighted by molar-refractivity contribution is -0.147. The first kappa shape index (κ1) is 21.4. The van der Waals surface area contributed by atoms with Crippen LogP contribution < -0.4 is 5.73 Å². The number of carbonyl (C=O) groups is 3. The minimum Gasteiger partial charge on any atom is -0.477 e. The summed E-state index contributed by atoms with van der Waals surface area (Å²) in [5, 5.41) is 9.17. The van der Waals surface area contributed by atoms with E-state index in [9.17, 15) is 32.7 Å². The van der Waals surface area contributed by atoms with Crippen LogP contribution in [0.1, 0.15) is 17.5 Å². The van der Waals surface area contributed by atoms with Gasteiger partial charge in [-0.1, -0.05) is 12.1 Å². The maximum atomic E-state index is 12.8. The number of carboxylic acid groups (broad SMARTS) is 1. The van der Waals surface area contributed by atoms with Gasteiger partial charge in [-0.05, 0) is 35.8 Å². The number of carboxylic acids is 1. The molecule has 1 aromatic rings. The van der Waals surface area contributed by atoms with Crippen molar-refractivity contribution in [2.24, 2.45) is 5.73 Å². The van der Waals surface area contributed by atoms with Crippen LogP contribution in [-0.2, 0) is 27.1 Å². The molecular weight excluding hydrogens is 435 g/mol. The Hall–Kier alpha value is -2.79. The van der Waals surface area contributed by atoms with E-state index in [0.29, 0.717) is 35.4 Å². The molecule has 4 rings (SSSR count). The molecular formula is C20H18F3N3O4S. The number of nitrogens with two attached hydrogens (primary N) is 1. The van der Waals surface area contributed by atoms with E-state index in [2.05, 4.69) is 0 Å². The fourth-order valence-electron chi connectivity index (χ4n) is 3.83. The van der Waals surface area contributed by atoms with Crippen LogP contribution in [0.2, 0.25) is 0 Å². The summed E-state index contributed by atoms with van der Waals surface area (Å²) < 4.78 is 38.1. The minimum absolute atomic E-state index is 0.148. The maximum absolute atomic E-state index is 12.8. The SMILES string of the molecule is N[C@@H]1C(=O)N2C(C(=O)O)=C(/C=C3\CCN(Cc4ccc(C(F)(F)F)cc4)C3=O)CS[C@H]12. The highest BCUT2D eigenvalue weighted by atomic mass is 32.2. The van der Waals surface area contributed by atoms with E-state index in [1.807, 2.05) is 0 Å². The van der Waals surface area contributed by atoms with Gasteiger partial charge in [0, 0.05) is 24.4 Å². The van der Waals surface area contributed by atoms with Gasteiger partial charge in [-0.3, -0.25) is 14.5 Å². The van der Waals surface area contributed by atoms with Gasteiger partial charge < -0.3 is 15.7 Å². The number of thioether (sulfide) groups is 1. The quantitative estimate of drug-likeness (QED) is 0.534. The molecule has 0 aromatic heterocycles. The average Bonchev–Trinajstić information content (AvgIpc) is 3.06. The van der Waals surface area contributed by atoms with Crippen molar-refractivity contribution < 1.29 is 32.7 Å². The number of allylic oxidation sites excluding steroid dienone is 1. The highest BCUT2D eigenvalue weighted by molar-refractivity contribution is 8.00. The predicted octanol–water partition coefficient (Wildman–Crippen LogP) is 1.95. The van der Waals surface area contributed by atoms with Crippen molar-refractivity contribution in [3.05, 3.63) is 58.3 Å². The second kappa shape index (κ2) is 7.72. The zero-order valence-corrected chi connectivity index (χ0v) is 16.9. The van der Waals surface area contributed by atoms with E-state index in [0.717, 1.165) is 17.0 Å². The number of amides is 2. The third-order valence-electron chi connectivity index (χ3n) is 5.46. The summed E-state index contributed by atoms with van der Waals surface area (Å²) in [6.45, 7) is 0.514. The summed E-state index contributed by atoms with van der Waals surface area (Å²) in [6.07, 6.45) is -2.54. The van der Waals surface area contributed by atoms with Crippen molar-refractivity contribution in [3.63, 3.8) is 0 Å². The molecule has 0 saturated carbocycles. The van der Waals surface area contributed by atoms with E-state index >= 15 is 0 Å². The van der Waals surface area contributed by atoms with Crippen LogP contribution in [-0.4, -0.2) is 56.4 Å². The van der Waals surface area contributed by atoms with Crippen LogP contribution in [0.5, 0.6) is 0 Å². The average molecular weight is 453 g/mol. The number of hydrogen-bond donors (Lipinski definition) is 2. The van der Waals surface area contributed by atoms with E-state index in [1.165, 1.54) is 34.9 Å². The van der Waals surface area contributed by atoms with E-state index in [1.54, 1.807) is 0 Å². The number of nitrogens with zero attached hydrogens (tertiary/aromatic N) is 2. The Balaban J connectivity index is 1.52. The number of aliphatic carboxylic acids is 1. The van der Waals surface area contributed by atoms with Gasteiger partial charge >= 0.3 is 12.1 Å². The monoisotopic (exact) mass is 453 g/mol. The van der Waals surface area contributed by atoms with Crippen molar-refractivity contribution in [1.82, 2.24) is 9.80 Å². The van der Waals surface area contributed by atoms with Crippen molar-refractivity contribution in [1.29, 1.82) is 0 Å². The molecule has 3 aliphatic heterocycles. The molecule has 164 valence electrons. The Morgan fingerprint density at radius 1 is 1.26 bits per heavy atom. The topological polar surface area (TPSA) is 104 Å². The minimum atomic E-state index is -4.42. The summed E-state index contributed by atoms with van der Waals surface area (Å²) >= 11 is 1.34. The Morgan fingerprint density at radius 3 is 2.55 bits per heavy atom. The molecule has 0 radical (unpaired) electrons. The number of hydrogen-bond acceptors (Lipinski definition) is 5. The van der Waals surface area contributed by atoms with Crippen LogP contribution in [0.25, 0.3) is 0 Å². The Bertz CT molecular complexity index is 1020. The molecule has 0 spiro atoms. The summed E-state index contributed by atoms with van der Waals surface area (Å²) in [5.41, 5.74) is 6.14. The van der Waals surface area contributed by atoms with Crippen molar-refractivity contribution in [3.8, 4) is 0 Å². The molecule has 2 fully saturated rings. The highest BCUT2D eigenvalue weighted by Crippen LogP contribution is 2.40. The van der Waals surface area contributed by atoms with Gasteiger partial charge in [0.1, 0.15) is 17.1 Å². The van der Waals surface area contributed by atoms with Crippen molar-refractivity contribution in [2.75, 3.05) is 12.3 Å². The first-order valence-electron chi connectivity index (χ1n) is 9.40. The number of fused-ring (bicyclic) bond motifs is 1. The number of β-lactam (4-membered cyclic amide) rings is 1. The molecule has 11 heteroatoms. The van der Waals surface area contributed by atoms with Crippen LogP contribution >= 0.6 is 11.8 Å². The molecule has 0 aliphatic carbocycles. The summed E-state index contributed by atoms with van der Waals surface area (Å²) in [6, 6.07) is 3.88. The number of alkyl halides is 3. The number of likely N-dealkylation sites (tertiary alicyclic amines) is 1. The lowest BCUT2D eigenvalue weighted by Gasteiger charge is -2.47. The predicted molar refractivity (Wildman–Crippen MR) is 105 cm³/mol. The molecule has 3 aliphatic rings. The molecule has 31 heavy (non-hydrogen) atoms. The van der Waals surface area contributed by atoms with Gasteiger partial charge in [-0.15, -0.1) is 11.8 Å². The standard InChI is InChI=1S/C20H18F3N3O4S/c21-20(22,23)13-3-1-10(2-4-13)8-25-6-5-11(16(25)27)7-12-9-31-18-14(24)17(28)26(18)15(12)19(29)30/h1-4,7,14,18H,5-6,8-9,24H2,(H,29,30)/b11-7+/t14-,18-/m1/s1. The largest absolute Gasteiger partial charge is 0.477 e. The zero-order chi connectivity index (χ0) is 22.5. The van der Waals surface area contributed by atoms with Crippen LogP contribution in [0.3, 0.4) is 0 Å².